The highest BCUT2D eigenvalue weighted by atomic mass is 32.1. The number of hydrogen-bond donors (Lipinski definition) is 2. The fourth-order valence-corrected chi connectivity index (χ4v) is 3.46. The number of aryl methyl sites for hydroxylation is 3. The van der Waals surface area contributed by atoms with Crippen LogP contribution >= 0.6 is 11.3 Å². The van der Waals surface area contributed by atoms with Crippen LogP contribution in [0.5, 0.6) is 0 Å². The lowest BCUT2D eigenvalue weighted by Crippen LogP contribution is -2.41. The molecule has 1 aromatic heterocycles. The zero-order valence-corrected chi connectivity index (χ0v) is 13.1. The lowest BCUT2D eigenvalue weighted by Gasteiger charge is -2.30. The minimum Gasteiger partial charge on any atom is -0.395 e. The molecule has 0 amide bonds. The maximum atomic E-state index is 9.96. The van der Waals surface area contributed by atoms with E-state index in [-0.39, 0.29) is 6.61 Å². The van der Waals surface area contributed by atoms with E-state index in [1.54, 1.807) is 11.3 Å². The monoisotopic (exact) mass is 290 g/mol. The summed E-state index contributed by atoms with van der Waals surface area (Å²) in [6.07, 6.45) is 0.683. The van der Waals surface area contributed by atoms with Gasteiger partial charge in [-0.05, 0) is 26.3 Å². The van der Waals surface area contributed by atoms with Gasteiger partial charge < -0.3 is 10.8 Å². The van der Waals surface area contributed by atoms with Crippen molar-refractivity contribution in [3.05, 3.63) is 51.0 Å². The molecule has 1 atom stereocenters. The zero-order chi connectivity index (χ0) is 14.8. The summed E-state index contributed by atoms with van der Waals surface area (Å²) in [5.41, 5.74) is 8.91. The fourth-order valence-electron chi connectivity index (χ4n) is 2.38. The Labute approximate surface area is 124 Å². The first kappa shape index (κ1) is 15.2. The van der Waals surface area contributed by atoms with Crippen LogP contribution in [0.15, 0.2) is 24.3 Å². The summed E-state index contributed by atoms with van der Waals surface area (Å²) in [5, 5.41) is 11.0. The lowest BCUT2D eigenvalue weighted by atomic mass is 9.78. The Kier molecular flexibility index (Phi) is 4.58. The Balaban J connectivity index is 2.39. The third kappa shape index (κ3) is 2.92. The topological polar surface area (TPSA) is 59.1 Å². The number of nitrogens with two attached hydrogens (primary N) is 1. The first-order valence-corrected chi connectivity index (χ1v) is 7.63. The minimum absolute atomic E-state index is 0.0324. The van der Waals surface area contributed by atoms with Crippen LogP contribution in [-0.2, 0) is 11.8 Å². The van der Waals surface area contributed by atoms with Crippen LogP contribution in [0.1, 0.15) is 26.7 Å². The van der Waals surface area contributed by atoms with Gasteiger partial charge in [0.1, 0.15) is 0 Å². The fraction of sp³-hybridized carbons (Fsp3) is 0.438. The molecule has 1 aromatic carbocycles. The van der Waals surface area contributed by atoms with Crippen LogP contribution in [0, 0.1) is 20.8 Å². The second-order valence-electron chi connectivity index (χ2n) is 5.44. The summed E-state index contributed by atoms with van der Waals surface area (Å²) < 4.78 is 0. The predicted octanol–water partition coefficient (Wildman–Crippen LogP) is 2.50. The van der Waals surface area contributed by atoms with E-state index in [1.807, 2.05) is 19.1 Å². The van der Waals surface area contributed by atoms with E-state index in [1.165, 1.54) is 10.4 Å². The maximum absolute atomic E-state index is 9.96. The van der Waals surface area contributed by atoms with Crippen molar-refractivity contribution in [3.63, 3.8) is 0 Å². The Morgan fingerprint density at radius 3 is 2.55 bits per heavy atom. The highest BCUT2D eigenvalue weighted by molar-refractivity contribution is 7.11. The molecule has 0 radical (unpaired) electrons. The van der Waals surface area contributed by atoms with Crippen LogP contribution in [0.25, 0.3) is 0 Å². The molecule has 1 heterocycles. The summed E-state index contributed by atoms with van der Waals surface area (Å²) in [6.45, 7) is 6.59. The van der Waals surface area contributed by atoms with Crippen LogP contribution in [0.4, 0.5) is 0 Å². The molecule has 2 aromatic rings. The minimum atomic E-state index is -0.442. The summed E-state index contributed by atoms with van der Waals surface area (Å²) in [7, 11) is 0. The summed E-state index contributed by atoms with van der Waals surface area (Å²) in [4.78, 5) is 5.82. The largest absolute Gasteiger partial charge is 0.395 e. The Morgan fingerprint density at radius 1 is 1.30 bits per heavy atom. The average Bonchev–Trinajstić information content (AvgIpc) is 2.75. The molecule has 0 bridgehead atoms. The van der Waals surface area contributed by atoms with Crippen molar-refractivity contribution >= 4 is 11.3 Å². The zero-order valence-electron chi connectivity index (χ0n) is 12.3. The van der Waals surface area contributed by atoms with Crippen molar-refractivity contribution in [1.82, 2.24) is 4.98 Å². The molecule has 1 unspecified atom stereocenters. The Bertz CT molecular complexity index is 568. The number of rotatable bonds is 5. The molecule has 0 spiro atoms. The molecule has 0 aliphatic rings. The highest BCUT2D eigenvalue weighted by Gasteiger charge is 2.32. The number of benzene rings is 1. The van der Waals surface area contributed by atoms with Gasteiger partial charge in [0, 0.05) is 23.3 Å². The summed E-state index contributed by atoms with van der Waals surface area (Å²) >= 11 is 1.69. The maximum Gasteiger partial charge on any atom is 0.0941 e. The van der Waals surface area contributed by atoms with E-state index in [0.29, 0.717) is 13.0 Å². The summed E-state index contributed by atoms with van der Waals surface area (Å²) in [5.74, 6) is 0. The van der Waals surface area contributed by atoms with E-state index in [4.69, 9.17) is 5.73 Å². The van der Waals surface area contributed by atoms with Crippen molar-refractivity contribution in [2.75, 3.05) is 13.2 Å². The number of aromatic nitrogens is 1. The summed E-state index contributed by atoms with van der Waals surface area (Å²) in [6, 6.07) is 8.22. The van der Waals surface area contributed by atoms with Gasteiger partial charge in [-0.3, -0.25) is 0 Å². The van der Waals surface area contributed by atoms with E-state index >= 15 is 0 Å². The standard InChI is InChI=1S/C16H22N2OS/c1-11-5-4-6-14(7-11)16(9-17,10-19)8-15-18-12(2)13(3)20-15/h4-7,19H,8-10,17H2,1-3H3. The molecule has 108 valence electrons. The van der Waals surface area contributed by atoms with E-state index < -0.39 is 5.41 Å². The van der Waals surface area contributed by atoms with Crippen LogP contribution in [0.2, 0.25) is 0 Å². The van der Waals surface area contributed by atoms with Crippen molar-refractivity contribution in [2.45, 2.75) is 32.6 Å². The number of aliphatic hydroxyl groups is 1. The molecule has 0 aliphatic carbocycles. The molecular formula is C16H22N2OS. The molecule has 0 fully saturated rings. The predicted molar refractivity (Wildman–Crippen MR) is 84.3 cm³/mol. The van der Waals surface area contributed by atoms with Gasteiger partial charge in [0.05, 0.1) is 17.3 Å². The molecule has 3 N–H and O–H groups in total. The quantitative estimate of drug-likeness (QED) is 0.889. The molecule has 2 rings (SSSR count). The molecule has 0 aliphatic heterocycles. The molecule has 3 nitrogen and oxygen atoms in total. The van der Waals surface area contributed by atoms with Gasteiger partial charge in [-0.15, -0.1) is 11.3 Å². The van der Waals surface area contributed by atoms with E-state index in [0.717, 1.165) is 16.3 Å². The van der Waals surface area contributed by atoms with E-state index in [2.05, 4.69) is 31.0 Å². The molecular weight excluding hydrogens is 268 g/mol. The van der Waals surface area contributed by atoms with Crippen LogP contribution in [-0.4, -0.2) is 23.2 Å². The molecule has 4 heteroatoms. The highest BCUT2D eigenvalue weighted by Crippen LogP contribution is 2.30. The second kappa shape index (κ2) is 6.04. The van der Waals surface area contributed by atoms with Crippen LogP contribution in [0.3, 0.4) is 0 Å². The third-order valence-corrected chi connectivity index (χ3v) is 4.96. The van der Waals surface area contributed by atoms with Crippen molar-refractivity contribution in [1.29, 1.82) is 0 Å². The van der Waals surface area contributed by atoms with Gasteiger partial charge in [0.2, 0.25) is 0 Å². The van der Waals surface area contributed by atoms with Crippen molar-refractivity contribution < 1.29 is 5.11 Å². The smallest absolute Gasteiger partial charge is 0.0941 e. The molecule has 0 saturated carbocycles. The second-order valence-corrected chi connectivity index (χ2v) is 6.73. The Morgan fingerprint density at radius 2 is 2.05 bits per heavy atom. The first-order chi connectivity index (χ1) is 9.50. The van der Waals surface area contributed by atoms with Gasteiger partial charge in [-0.25, -0.2) is 4.98 Å². The van der Waals surface area contributed by atoms with Gasteiger partial charge in [0.25, 0.3) is 0 Å². The van der Waals surface area contributed by atoms with E-state index in [9.17, 15) is 5.11 Å². The Hall–Kier alpha value is -1.23. The van der Waals surface area contributed by atoms with Crippen molar-refractivity contribution in [2.24, 2.45) is 5.73 Å². The van der Waals surface area contributed by atoms with Gasteiger partial charge in [-0.1, -0.05) is 29.8 Å². The van der Waals surface area contributed by atoms with Crippen LogP contribution < -0.4 is 5.73 Å². The number of thiazole rings is 1. The van der Waals surface area contributed by atoms with Gasteiger partial charge >= 0.3 is 0 Å². The number of nitrogens with zero attached hydrogens (tertiary/aromatic N) is 1. The van der Waals surface area contributed by atoms with Gasteiger partial charge in [0.15, 0.2) is 0 Å². The SMILES string of the molecule is Cc1cccc(C(CN)(CO)Cc2nc(C)c(C)s2)c1. The first-order valence-electron chi connectivity index (χ1n) is 6.82. The normalized spacial score (nSPS) is 14.2. The molecule has 20 heavy (non-hydrogen) atoms. The van der Waals surface area contributed by atoms with Gasteiger partial charge in [-0.2, -0.15) is 0 Å². The third-order valence-electron chi connectivity index (χ3n) is 3.89. The number of aliphatic hydroxyl groups excluding tert-OH is 1. The van der Waals surface area contributed by atoms with Crippen molar-refractivity contribution in [3.8, 4) is 0 Å². The molecule has 0 saturated heterocycles. The lowest BCUT2D eigenvalue weighted by molar-refractivity contribution is 0.196. The average molecular weight is 290 g/mol. The number of hydrogen-bond acceptors (Lipinski definition) is 4.